The minimum Gasteiger partial charge on any atom is -0.368 e. The van der Waals surface area contributed by atoms with Crippen LogP contribution in [0.15, 0.2) is 0 Å². The van der Waals surface area contributed by atoms with Crippen molar-refractivity contribution >= 4 is 22.8 Å². The lowest BCUT2D eigenvalue weighted by atomic mass is 10.1. The van der Waals surface area contributed by atoms with Crippen molar-refractivity contribution in [1.29, 1.82) is 0 Å². The lowest BCUT2D eigenvalue weighted by Crippen LogP contribution is -2.28. The van der Waals surface area contributed by atoms with E-state index in [-0.39, 0.29) is 12.6 Å². The van der Waals surface area contributed by atoms with Crippen LogP contribution >= 0.6 is 22.8 Å². The number of hydrogen-bond donors (Lipinski definition) is 8. The van der Waals surface area contributed by atoms with Gasteiger partial charge in [-0.05, 0) is 32.2 Å². The predicted molar refractivity (Wildman–Crippen MR) is 107 cm³/mol. The maximum absolute atomic E-state index is 11.1. The third-order valence-corrected chi connectivity index (χ3v) is 8.82. The molecule has 0 saturated carbocycles. The lowest BCUT2D eigenvalue weighted by Gasteiger charge is -2.29. The summed E-state index contributed by atoms with van der Waals surface area (Å²) < 4.78 is 32.1. The Morgan fingerprint density at radius 3 is 1.32 bits per heavy atom. The van der Waals surface area contributed by atoms with E-state index in [9.17, 15) is 18.8 Å². The molecule has 0 aromatic carbocycles. The van der Waals surface area contributed by atoms with Crippen LogP contribution in [0.3, 0.4) is 0 Å². The Kier molecular flexibility index (Phi) is 15.7. The molecule has 0 spiro atoms. The molecule has 0 rings (SSSR count). The standard InChI is InChI=1S/C11H27NO7P2.C3H9O3P/c12-10-8-6-4-2-1-3-5-7-9-11(13,20(14,15)16)21(17,18)19;1-2-3-7(4,5)6/h13H,1-10,12H2,(H2,14,15,16)(H2,17,18,19);2-3H2,1H3,(H2,4,5,6). The second kappa shape index (κ2) is 14.4. The zero-order chi connectivity index (χ0) is 22.5. The highest BCUT2D eigenvalue weighted by atomic mass is 31.2. The van der Waals surface area contributed by atoms with E-state index in [1.165, 1.54) is 0 Å². The van der Waals surface area contributed by atoms with Gasteiger partial charge in [0.05, 0.1) is 0 Å². The van der Waals surface area contributed by atoms with Gasteiger partial charge in [-0.3, -0.25) is 13.7 Å². The summed E-state index contributed by atoms with van der Waals surface area (Å²) in [6.07, 6.45) is 6.55. The molecule has 0 aliphatic carbocycles. The van der Waals surface area contributed by atoms with Crippen molar-refractivity contribution in [3.05, 3.63) is 0 Å². The monoisotopic (exact) mass is 471 g/mol. The zero-order valence-electron chi connectivity index (χ0n) is 16.3. The van der Waals surface area contributed by atoms with Crippen molar-refractivity contribution in [2.45, 2.75) is 76.2 Å². The lowest BCUT2D eigenvalue weighted by molar-refractivity contribution is 0.120. The van der Waals surface area contributed by atoms with Crippen LogP contribution in [0, 0.1) is 0 Å². The van der Waals surface area contributed by atoms with Gasteiger partial charge in [-0.15, -0.1) is 0 Å². The minimum absolute atomic E-state index is 0.00694. The molecule has 0 saturated heterocycles. The van der Waals surface area contributed by atoms with Gasteiger partial charge in [0.2, 0.25) is 0 Å². The second-order valence-electron chi connectivity index (χ2n) is 6.62. The number of nitrogens with two attached hydrogens (primary N) is 1. The maximum atomic E-state index is 11.1. The fourth-order valence-corrected chi connectivity index (χ4v) is 5.16. The molecule has 0 aromatic heterocycles. The van der Waals surface area contributed by atoms with Crippen LogP contribution in [-0.4, -0.2) is 52.3 Å². The second-order valence-corrected chi connectivity index (χ2v) is 12.4. The molecule has 0 fully saturated rings. The fraction of sp³-hybridized carbons (Fsp3) is 1.00. The Bertz CT molecular complexity index is 519. The third kappa shape index (κ3) is 14.4. The molecule has 0 aliphatic rings. The Hall–Kier alpha value is 0.370. The van der Waals surface area contributed by atoms with E-state index in [0.717, 1.165) is 38.5 Å². The van der Waals surface area contributed by atoms with Gasteiger partial charge in [-0.25, -0.2) is 0 Å². The van der Waals surface area contributed by atoms with Crippen LogP contribution in [0.1, 0.15) is 71.1 Å². The summed E-state index contributed by atoms with van der Waals surface area (Å²) in [5.41, 5.74) is 5.37. The van der Waals surface area contributed by atoms with Crippen LogP contribution in [0.25, 0.3) is 0 Å². The van der Waals surface area contributed by atoms with E-state index in [2.05, 4.69) is 0 Å². The van der Waals surface area contributed by atoms with Gasteiger partial charge >= 0.3 is 22.8 Å². The summed E-state index contributed by atoms with van der Waals surface area (Å²) in [6.45, 7) is 2.42. The number of aliphatic hydroxyl groups is 1. The molecule has 0 atom stereocenters. The molecule has 14 heteroatoms. The summed E-state index contributed by atoms with van der Waals surface area (Å²) in [7, 11) is -14.3. The summed E-state index contributed by atoms with van der Waals surface area (Å²) in [4.78, 5) is 52.1. The molecule has 0 bridgehead atoms. The van der Waals surface area contributed by atoms with Crippen molar-refractivity contribution in [2.24, 2.45) is 5.73 Å². The molecule has 0 aliphatic heterocycles. The molecular weight excluding hydrogens is 435 g/mol. The molecular formula is C14H36NO10P3. The molecule has 172 valence electrons. The molecule has 11 nitrogen and oxygen atoms in total. The van der Waals surface area contributed by atoms with Gasteiger partial charge in [0, 0.05) is 6.16 Å². The number of unbranched alkanes of at least 4 members (excludes halogenated alkanes) is 7. The minimum atomic E-state index is -5.30. The molecule has 0 unspecified atom stereocenters. The molecule has 0 aromatic rings. The summed E-state index contributed by atoms with van der Waals surface area (Å²) >= 11 is 0. The van der Waals surface area contributed by atoms with E-state index in [1.807, 2.05) is 0 Å². The Morgan fingerprint density at radius 2 is 1.07 bits per heavy atom. The van der Waals surface area contributed by atoms with Crippen LogP contribution in [0.2, 0.25) is 0 Å². The van der Waals surface area contributed by atoms with Gasteiger partial charge in [-0.2, -0.15) is 0 Å². The average molecular weight is 471 g/mol. The molecule has 28 heavy (non-hydrogen) atoms. The van der Waals surface area contributed by atoms with Crippen LogP contribution in [-0.2, 0) is 13.7 Å². The highest BCUT2D eigenvalue weighted by molar-refractivity contribution is 7.72. The summed E-state index contributed by atoms with van der Waals surface area (Å²) in [6, 6.07) is 0. The van der Waals surface area contributed by atoms with E-state index in [0.29, 0.717) is 19.4 Å². The fourth-order valence-electron chi connectivity index (χ4n) is 2.32. The van der Waals surface area contributed by atoms with Crippen LogP contribution in [0.4, 0.5) is 0 Å². The van der Waals surface area contributed by atoms with Crippen LogP contribution in [0.5, 0.6) is 0 Å². The zero-order valence-corrected chi connectivity index (χ0v) is 18.9. The maximum Gasteiger partial charge on any atom is 0.369 e. The Labute approximate surface area is 166 Å². The first-order chi connectivity index (χ1) is 12.6. The van der Waals surface area contributed by atoms with E-state index in [1.54, 1.807) is 6.92 Å². The van der Waals surface area contributed by atoms with Gasteiger partial charge in [0.25, 0.3) is 5.08 Å². The number of hydrogen-bond acceptors (Lipinski definition) is 5. The molecule has 0 heterocycles. The van der Waals surface area contributed by atoms with Gasteiger partial charge in [0.1, 0.15) is 0 Å². The summed E-state index contributed by atoms with van der Waals surface area (Å²) in [5, 5.41) is 6.38. The van der Waals surface area contributed by atoms with Gasteiger partial charge < -0.3 is 40.2 Å². The number of rotatable bonds is 14. The van der Waals surface area contributed by atoms with Crippen molar-refractivity contribution in [1.82, 2.24) is 0 Å². The first kappa shape index (κ1) is 30.6. The molecule has 0 amide bonds. The van der Waals surface area contributed by atoms with E-state index >= 15 is 0 Å². The van der Waals surface area contributed by atoms with Crippen molar-refractivity contribution in [3.8, 4) is 0 Å². The first-order valence-electron chi connectivity index (χ1n) is 9.20. The van der Waals surface area contributed by atoms with Gasteiger partial charge in [-0.1, -0.05) is 45.4 Å². The highest BCUT2D eigenvalue weighted by Gasteiger charge is 2.58. The van der Waals surface area contributed by atoms with Gasteiger partial charge in [0.15, 0.2) is 0 Å². The predicted octanol–water partition coefficient (Wildman–Crippen LogP) is 2.03. The topological polar surface area (TPSA) is 219 Å². The smallest absolute Gasteiger partial charge is 0.368 e. The quantitative estimate of drug-likeness (QED) is 0.135. The Balaban J connectivity index is 0. The SMILES string of the molecule is CCCP(=O)(O)O.NCCCCCCCCCCC(O)(P(=O)(O)O)P(=O)(O)O. The normalized spacial score (nSPS) is 13.2. The van der Waals surface area contributed by atoms with Crippen molar-refractivity contribution in [2.75, 3.05) is 12.7 Å². The average Bonchev–Trinajstić information content (AvgIpc) is 2.50. The Morgan fingerprint density at radius 1 is 0.714 bits per heavy atom. The molecule has 9 N–H and O–H groups in total. The summed E-state index contributed by atoms with van der Waals surface area (Å²) in [5.74, 6) is 0. The largest absolute Gasteiger partial charge is 0.369 e. The van der Waals surface area contributed by atoms with Crippen molar-refractivity contribution in [3.63, 3.8) is 0 Å². The van der Waals surface area contributed by atoms with Crippen LogP contribution < -0.4 is 5.73 Å². The first-order valence-corrected chi connectivity index (χ1v) is 14.2. The molecule has 0 radical (unpaired) electrons. The van der Waals surface area contributed by atoms with E-state index < -0.39 is 34.3 Å². The highest BCUT2D eigenvalue weighted by Crippen LogP contribution is 2.69. The van der Waals surface area contributed by atoms with E-state index in [4.69, 9.17) is 35.1 Å². The van der Waals surface area contributed by atoms with Crippen molar-refractivity contribution < 1.29 is 48.2 Å². The third-order valence-electron chi connectivity index (χ3n) is 3.91.